The van der Waals surface area contributed by atoms with Gasteiger partial charge in [0.15, 0.2) is 0 Å². The van der Waals surface area contributed by atoms with Crippen molar-refractivity contribution in [3.63, 3.8) is 0 Å². The van der Waals surface area contributed by atoms with Gasteiger partial charge in [-0.1, -0.05) is 12.8 Å². The lowest BCUT2D eigenvalue weighted by Gasteiger charge is -2.23. The Morgan fingerprint density at radius 2 is 1.89 bits per heavy atom. The van der Waals surface area contributed by atoms with Crippen LogP contribution in [-0.2, 0) is 10.0 Å². The molecule has 1 rings (SSSR count). The predicted octanol–water partition coefficient (Wildman–Crippen LogP) is 0.390. The first-order valence-electron chi connectivity index (χ1n) is 6.87. The average molecular weight is 277 g/mol. The van der Waals surface area contributed by atoms with Crippen LogP contribution in [0.25, 0.3) is 0 Å². The largest absolute Gasteiger partial charge is 0.320 e. The number of rotatable bonds is 9. The molecule has 0 amide bonds. The first-order chi connectivity index (χ1) is 8.55. The zero-order valence-corrected chi connectivity index (χ0v) is 12.4. The van der Waals surface area contributed by atoms with Gasteiger partial charge in [-0.25, -0.2) is 13.1 Å². The van der Waals surface area contributed by atoms with Crippen LogP contribution in [0, 0.1) is 0 Å². The molecule has 0 saturated heterocycles. The number of hydrogen-bond acceptors (Lipinski definition) is 4. The summed E-state index contributed by atoms with van der Waals surface area (Å²) in [6.45, 7) is 2.06. The lowest BCUT2D eigenvalue weighted by molar-refractivity contribution is 0.250. The van der Waals surface area contributed by atoms with Crippen molar-refractivity contribution in [1.82, 2.24) is 14.9 Å². The molecule has 1 aliphatic rings. The van der Waals surface area contributed by atoms with Gasteiger partial charge < -0.3 is 10.2 Å². The lowest BCUT2D eigenvalue weighted by atomic mass is 10.2. The van der Waals surface area contributed by atoms with Crippen LogP contribution in [0.3, 0.4) is 0 Å². The van der Waals surface area contributed by atoms with Crippen molar-refractivity contribution in [2.45, 2.75) is 38.1 Å². The first-order valence-corrected chi connectivity index (χ1v) is 8.52. The van der Waals surface area contributed by atoms with Gasteiger partial charge in [-0.15, -0.1) is 0 Å². The van der Waals surface area contributed by atoms with E-state index >= 15 is 0 Å². The Kier molecular flexibility index (Phi) is 7.14. The molecule has 0 unspecified atom stereocenters. The highest BCUT2D eigenvalue weighted by Crippen LogP contribution is 2.21. The number of likely N-dealkylation sites (N-methyl/N-ethyl adjacent to an activating group) is 1. The van der Waals surface area contributed by atoms with E-state index in [1.165, 1.54) is 25.7 Å². The molecular weight excluding hydrogens is 250 g/mol. The topological polar surface area (TPSA) is 61.4 Å². The summed E-state index contributed by atoms with van der Waals surface area (Å²) in [7, 11) is 0.829. The molecule has 0 radical (unpaired) electrons. The quantitative estimate of drug-likeness (QED) is 0.599. The third-order valence-electron chi connectivity index (χ3n) is 3.57. The number of hydrogen-bond donors (Lipinski definition) is 2. The summed E-state index contributed by atoms with van der Waals surface area (Å²) in [5.41, 5.74) is 0. The first kappa shape index (κ1) is 15.9. The Hall–Kier alpha value is -0.170. The van der Waals surface area contributed by atoms with E-state index in [2.05, 4.69) is 22.0 Å². The third-order valence-corrected chi connectivity index (χ3v) is 5.04. The molecule has 0 aromatic carbocycles. The van der Waals surface area contributed by atoms with E-state index in [-0.39, 0.29) is 5.75 Å². The van der Waals surface area contributed by atoms with Crippen LogP contribution in [-0.4, -0.2) is 58.8 Å². The lowest BCUT2D eigenvalue weighted by Crippen LogP contribution is -2.38. The summed E-state index contributed by atoms with van der Waals surface area (Å²) in [5.74, 6) is 0.209. The minimum atomic E-state index is -3.09. The smallest absolute Gasteiger partial charge is 0.211 e. The zero-order valence-electron chi connectivity index (χ0n) is 11.6. The molecule has 5 nitrogen and oxygen atoms in total. The molecule has 1 saturated carbocycles. The van der Waals surface area contributed by atoms with Gasteiger partial charge >= 0.3 is 0 Å². The van der Waals surface area contributed by atoms with E-state index in [0.717, 1.165) is 13.1 Å². The molecule has 0 heterocycles. The summed E-state index contributed by atoms with van der Waals surface area (Å²) in [6, 6.07) is 0.652. The second-order valence-corrected chi connectivity index (χ2v) is 7.02. The van der Waals surface area contributed by atoms with E-state index < -0.39 is 10.0 Å². The average Bonchev–Trinajstić information content (AvgIpc) is 2.82. The SMILES string of the molecule is CNCCCS(=O)(=O)NCCN(C)C1CCCC1. The maximum absolute atomic E-state index is 11.7. The summed E-state index contributed by atoms with van der Waals surface area (Å²) >= 11 is 0. The number of nitrogens with zero attached hydrogens (tertiary/aromatic N) is 1. The minimum Gasteiger partial charge on any atom is -0.320 e. The fourth-order valence-electron chi connectivity index (χ4n) is 2.42. The molecule has 0 aromatic rings. The van der Waals surface area contributed by atoms with Crippen LogP contribution in [0.2, 0.25) is 0 Å². The Labute approximate surface area is 111 Å². The summed E-state index contributed by atoms with van der Waals surface area (Å²) < 4.78 is 26.0. The minimum absolute atomic E-state index is 0.209. The Balaban J connectivity index is 2.15. The monoisotopic (exact) mass is 277 g/mol. The Morgan fingerprint density at radius 1 is 1.22 bits per heavy atom. The van der Waals surface area contributed by atoms with E-state index in [1.807, 2.05) is 7.05 Å². The third kappa shape index (κ3) is 6.13. The van der Waals surface area contributed by atoms with Gasteiger partial charge in [0.05, 0.1) is 5.75 Å². The van der Waals surface area contributed by atoms with Crippen molar-refractivity contribution in [1.29, 1.82) is 0 Å². The van der Waals surface area contributed by atoms with Crippen molar-refractivity contribution >= 4 is 10.0 Å². The van der Waals surface area contributed by atoms with Crippen molar-refractivity contribution in [3.05, 3.63) is 0 Å². The van der Waals surface area contributed by atoms with Crippen molar-refractivity contribution < 1.29 is 8.42 Å². The van der Waals surface area contributed by atoms with Crippen LogP contribution in [0.4, 0.5) is 0 Å². The van der Waals surface area contributed by atoms with E-state index in [4.69, 9.17) is 0 Å². The highest BCUT2D eigenvalue weighted by molar-refractivity contribution is 7.89. The molecule has 1 aliphatic carbocycles. The van der Waals surface area contributed by atoms with E-state index in [1.54, 1.807) is 0 Å². The highest BCUT2D eigenvalue weighted by atomic mass is 32.2. The van der Waals surface area contributed by atoms with Crippen LogP contribution in [0.5, 0.6) is 0 Å². The van der Waals surface area contributed by atoms with Crippen LogP contribution < -0.4 is 10.0 Å². The van der Waals surface area contributed by atoms with Gasteiger partial charge in [0.1, 0.15) is 0 Å². The summed E-state index contributed by atoms with van der Waals surface area (Å²) in [4.78, 5) is 2.28. The molecule has 0 aliphatic heterocycles. The number of nitrogens with one attached hydrogen (secondary N) is 2. The summed E-state index contributed by atoms with van der Waals surface area (Å²) in [6.07, 6.45) is 5.79. The predicted molar refractivity (Wildman–Crippen MR) is 75.2 cm³/mol. The maximum atomic E-state index is 11.7. The molecule has 0 aromatic heterocycles. The Bertz CT molecular complexity index is 313. The van der Waals surface area contributed by atoms with Crippen LogP contribution in [0.15, 0.2) is 0 Å². The van der Waals surface area contributed by atoms with Gasteiger partial charge in [-0.3, -0.25) is 0 Å². The second kappa shape index (κ2) is 8.09. The van der Waals surface area contributed by atoms with Crippen molar-refractivity contribution in [2.24, 2.45) is 0 Å². The molecule has 18 heavy (non-hydrogen) atoms. The normalized spacial score (nSPS) is 17.7. The highest BCUT2D eigenvalue weighted by Gasteiger charge is 2.19. The zero-order chi connectivity index (χ0) is 13.4. The standard InChI is InChI=1S/C12H27N3O2S/c1-13-8-5-11-18(16,17)14-9-10-15(2)12-6-3-4-7-12/h12-14H,3-11H2,1-2H3. The van der Waals surface area contributed by atoms with Crippen molar-refractivity contribution in [3.8, 4) is 0 Å². The summed E-state index contributed by atoms with van der Waals surface area (Å²) in [5, 5.41) is 2.95. The van der Waals surface area contributed by atoms with Gasteiger partial charge in [-0.05, 0) is 39.9 Å². The van der Waals surface area contributed by atoms with Gasteiger partial charge in [0, 0.05) is 19.1 Å². The molecule has 6 heteroatoms. The van der Waals surface area contributed by atoms with Gasteiger partial charge in [0.25, 0.3) is 0 Å². The number of sulfonamides is 1. The molecule has 2 N–H and O–H groups in total. The van der Waals surface area contributed by atoms with Gasteiger partial charge in [0.2, 0.25) is 10.0 Å². The molecule has 0 spiro atoms. The second-order valence-electron chi connectivity index (χ2n) is 5.09. The van der Waals surface area contributed by atoms with Crippen LogP contribution >= 0.6 is 0 Å². The fourth-order valence-corrected chi connectivity index (χ4v) is 3.49. The molecule has 1 fully saturated rings. The Morgan fingerprint density at radius 3 is 2.50 bits per heavy atom. The van der Waals surface area contributed by atoms with Gasteiger partial charge in [-0.2, -0.15) is 0 Å². The van der Waals surface area contributed by atoms with Crippen LogP contribution in [0.1, 0.15) is 32.1 Å². The van der Waals surface area contributed by atoms with Crippen molar-refractivity contribution in [2.75, 3.05) is 39.5 Å². The van der Waals surface area contributed by atoms with E-state index in [9.17, 15) is 8.42 Å². The molecule has 108 valence electrons. The molecule has 0 bridgehead atoms. The van der Waals surface area contributed by atoms with E-state index in [0.29, 0.717) is 19.0 Å². The fraction of sp³-hybridized carbons (Fsp3) is 1.00. The maximum Gasteiger partial charge on any atom is 0.211 e. The molecule has 0 atom stereocenters. The molecular formula is C12H27N3O2S.